The van der Waals surface area contributed by atoms with E-state index in [4.69, 9.17) is 4.74 Å². The van der Waals surface area contributed by atoms with Gasteiger partial charge in [0.1, 0.15) is 6.61 Å². The van der Waals surface area contributed by atoms with E-state index in [9.17, 15) is 4.79 Å². The van der Waals surface area contributed by atoms with Crippen LogP contribution in [-0.2, 0) is 9.53 Å². The predicted octanol–water partition coefficient (Wildman–Crippen LogP) is 2.79. The normalized spacial score (nSPS) is 15.3. The molecule has 0 heterocycles. The van der Waals surface area contributed by atoms with Crippen LogP contribution in [0.4, 0.5) is 0 Å². The van der Waals surface area contributed by atoms with Crippen molar-refractivity contribution in [2.24, 2.45) is 5.92 Å². The van der Waals surface area contributed by atoms with Crippen LogP contribution in [0.1, 0.15) is 33.6 Å². The Labute approximate surface area is 88.2 Å². The number of esters is 1. The van der Waals surface area contributed by atoms with E-state index in [-0.39, 0.29) is 11.9 Å². The van der Waals surface area contributed by atoms with Gasteiger partial charge in [-0.3, -0.25) is 4.79 Å². The third-order valence-corrected chi connectivity index (χ3v) is 1.94. The van der Waals surface area contributed by atoms with Crippen LogP contribution >= 0.6 is 22.6 Å². The Kier molecular flexibility index (Phi) is 6.80. The second-order valence-corrected chi connectivity index (χ2v) is 5.23. The summed E-state index contributed by atoms with van der Waals surface area (Å²) in [6, 6.07) is 0. The van der Waals surface area contributed by atoms with Crippen molar-refractivity contribution in [2.45, 2.75) is 37.5 Å². The van der Waals surface area contributed by atoms with Gasteiger partial charge in [0, 0.05) is 3.92 Å². The van der Waals surface area contributed by atoms with Crippen LogP contribution in [0.15, 0.2) is 0 Å². The molecule has 0 amide bonds. The molecule has 0 spiro atoms. The molecule has 0 aromatic rings. The summed E-state index contributed by atoms with van der Waals surface area (Å²) < 4.78 is 5.47. The Morgan fingerprint density at radius 3 is 2.50 bits per heavy atom. The number of alkyl halides is 1. The molecule has 2 nitrogen and oxygen atoms in total. The van der Waals surface area contributed by atoms with Gasteiger partial charge in [-0.2, -0.15) is 0 Å². The molecule has 0 radical (unpaired) electrons. The molecule has 0 aromatic heterocycles. The third kappa shape index (κ3) is 5.80. The summed E-state index contributed by atoms with van der Waals surface area (Å²) in [4.78, 5) is 11.2. The maximum Gasteiger partial charge on any atom is 0.308 e. The molecular formula is C9H17IO2. The minimum atomic E-state index is -0.0552. The van der Waals surface area contributed by atoms with Crippen molar-refractivity contribution in [1.82, 2.24) is 0 Å². The molecule has 0 aliphatic rings. The molecule has 0 aromatic carbocycles. The van der Waals surface area contributed by atoms with Crippen LogP contribution in [0.5, 0.6) is 0 Å². The Hall–Kier alpha value is 0.200. The molecule has 0 rings (SSSR count). The van der Waals surface area contributed by atoms with Crippen LogP contribution < -0.4 is 0 Å². The predicted molar refractivity (Wildman–Crippen MR) is 58.5 cm³/mol. The van der Waals surface area contributed by atoms with Crippen LogP contribution in [0.2, 0.25) is 0 Å². The van der Waals surface area contributed by atoms with Crippen molar-refractivity contribution in [1.29, 1.82) is 0 Å². The van der Waals surface area contributed by atoms with Gasteiger partial charge >= 0.3 is 5.97 Å². The van der Waals surface area contributed by atoms with Gasteiger partial charge in [-0.1, -0.05) is 49.8 Å². The largest absolute Gasteiger partial charge is 0.464 e. The van der Waals surface area contributed by atoms with Crippen molar-refractivity contribution in [3.8, 4) is 0 Å². The average Bonchev–Trinajstić information content (AvgIpc) is 2.00. The van der Waals surface area contributed by atoms with E-state index < -0.39 is 0 Å². The number of carbonyl (C=O) groups excluding carboxylic acids is 1. The summed E-state index contributed by atoms with van der Waals surface area (Å²) in [5.41, 5.74) is 0. The molecular weight excluding hydrogens is 267 g/mol. The minimum absolute atomic E-state index is 0.0552. The van der Waals surface area contributed by atoms with Gasteiger partial charge in [-0.05, 0) is 6.42 Å². The molecule has 72 valence electrons. The molecule has 0 saturated carbocycles. The van der Waals surface area contributed by atoms with Crippen molar-refractivity contribution >= 4 is 28.6 Å². The first-order valence-corrected chi connectivity index (χ1v) is 5.63. The Bertz CT molecular complexity index is 134. The van der Waals surface area contributed by atoms with Gasteiger partial charge in [-0.15, -0.1) is 0 Å². The molecule has 3 heteroatoms. The van der Waals surface area contributed by atoms with Crippen molar-refractivity contribution < 1.29 is 9.53 Å². The number of rotatable bonds is 5. The van der Waals surface area contributed by atoms with Crippen LogP contribution in [0.25, 0.3) is 0 Å². The van der Waals surface area contributed by atoms with Gasteiger partial charge in [0.15, 0.2) is 0 Å². The molecule has 0 saturated heterocycles. The topological polar surface area (TPSA) is 26.3 Å². The number of ether oxygens (including phenoxy) is 1. The molecule has 0 aliphatic carbocycles. The van der Waals surface area contributed by atoms with E-state index in [1.54, 1.807) is 0 Å². The first-order valence-electron chi connectivity index (χ1n) is 4.38. The number of carbonyl (C=O) groups is 1. The average molecular weight is 284 g/mol. The molecule has 0 bridgehead atoms. The highest BCUT2D eigenvalue weighted by Gasteiger charge is 2.13. The van der Waals surface area contributed by atoms with Gasteiger partial charge in [-0.25, -0.2) is 0 Å². The van der Waals surface area contributed by atoms with Gasteiger partial charge in [0.05, 0.1) is 5.92 Å². The summed E-state index contributed by atoms with van der Waals surface area (Å²) in [5.74, 6) is 0.00511. The first kappa shape index (κ1) is 12.2. The summed E-state index contributed by atoms with van der Waals surface area (Å²) in [6.45, 7) is 6.56. The smallest absolute Gasteiger partial charge is 0.308 e. The molecule has 0 N–H and O–H groups in total. The molecule has 12 heavy (non-hydrogen) atoms. The highest BCUT2D eigenvalue weighted by molar-refractivity contribution is 14.1. The highest BCUT2D eigenvalue weighted by atomic mass is 127. The van der Waals surface area contributed by atoms with E-state index in [1.807, 2.05) is 13.8 Å². The maximum absolute atomic E-state index is 11.2. The molecule has 2 unspecified atom stereocenters. The third-order valence-electron chi connectivity index (χ3n) is 1.58. The first-order chi connectivity index (χ1) is 5.57. The van der Waals surface area contributed by atoms with Gasteiger partial charge in [0.2, 0.25) is 0 Å². The lowest BCUT2D eigenvalue weighted by Crippen LogP contribution is -2.18. The van der Waals surface area contributed by atoms with Crippen molar-refractivity contribution in [2.75, 3.05) is 6.61 Å². The monoisotopic (exact) mass is 284 g/mol. The number of hydrogen-bond donors (Lipinski definition) is 0. The highest BCUT2D eigenvalue weighted by Crippen LogP contribution is 2.08. The minimum Gasteiger partial charge on any atom is -0.464 e. The second-order valence-electron chi connectivity index (χ2n) is 3.10. The lowest BCUT2D eigenvalue weighted by molar-refractivity contribution is -0.147. The lowest BCUT2D eigenvalue weighted by Gasteiger charge is -2.10. The second kappa shape index (κ2) is 6.69. The summed E-state index contributed by atoms with van der Waals surface area (Å²) in [6.07, 6.45) is 1.96. The van der Waals surface area contributed by atoms with Crippen molar-refractivity contribution in [3.63, 3.8) is 0 Å². The quantitative estimate of drug-likeness (QED) is 0.441. The summed E-state index contributed by atoms with van der Waals surface area (Å²) in [7, 11) is 0. The van der Waals surface area contributed by atoms with Crippen LogP contribution in [0.3, 0.4) is 0 Å². The van der Waals surface area contributed by atoms with Gasteiger partial charge < -0.3 is 4.74 Å². The summed E-state index contributed by atoms with van der Waals surface area (Å²) >= 11 is 2.24. The Morgan fingerprint density at radius 1 is 1.50 bits per heavy atom. The van der Waals surface area contributed by atoms with E-state index in [2.05, 4.69) is 29.5 Å². The Balaban J connectivity index is 3.57. The van der Waals surface area contributed by atoms with Crippen molar-refractivity contribution in [3.05, 3.63) is 0 Å². The van der Waals surface area contributed by atoms with E-state index >= 15 is 0 Å². The lowest BCUT2D eigenvalue weighted by atomic mass is 10.1. The maximum atomic E-state index is 11.2. The zero-order valence-electron chi connectivity index (χ0n) is 7.97. The van der Waals surface area contributed by atoms with E-state index in [0.29, 0.717) is 10.5 Å². The SMILES string of the molecule is CCCC(C)C(=O)OCC(C)I. The van der Waals surface area contributed by atoms with Gasteiger partial charge in [0.25, 0.3) is 0 Å². The van der Waals surface area contributed by atoms with Crippen LogP contribution in [0, 0.1) is 5.92 Å². The standard InChI is InChI=1S/C9H17IO2/c1-4-5-7(2)9(11)12-6-8(3)10/h7-8H,4-6H2,1-3H3. The molecule has 0 aliphatic heterocycles. The van der Waals surface area contributed by atoms with Crippen LogP contribution in [-0.4, -0.2) is 16.5 Å². The zero-order chi connectivity index (χ0) is 9.56. The zero-order valence-corrected chi connectivity index (χ0v) is 10.1. The fraction of sp³-hybridized carbons (Fsp3) is 0.889. The van der Waals surface area contributed by atoms with E-state index in [1.165, 1.54) is 0 Å². The fourth-order valence-electron chi connectivity index (χ4n) is 0.890. The Morgan fingerprint density at radius 2 is 2.08 bits per heavy atom. The fourth-order valence-corrected chi connectivity index (χ4v) is 1.07. The number of hydrogen-bond acceptors (Lipinski definition) is 2. The number of halogens is 1. The van der Waals surface area contributed by atoms with E-state index in [0.717, 1.165) is 12.8 Å². The molecule has 0 fully saturated rings. The summed E-state index contributed by atoms with van der Waals surface area (Å²) in [5, 5.41) is 0. The molecule has 2 atom stereocenters.